The number of aliphatic carboxylic acids is 1. The highest BCUT2D eigenvalue weighted by molar-refractivity contribution is 5.84. The second-order valence-electron chi connectivity index (χ2n) is 8.25. The maximum atomic E-state index is 12.6. The summed E-state index contributed by atoms with van der Waals surface area (Å²) in [4.78, 5) is 24.2. The molecule has 5 saturated carbocycles. The number of carboxylic acid groups (broad SMARTS) is 1. The van der Waals surface area contributed by atoms with E-state index in [-0.39, 0.29) is 23.8 Å². The maximum absolute atomic E-state index is 12.6. The molecule has 0 saturated heterocycles. The second kappa shape index (κ2) is 4.02. The van der Waals surface area contributed by atoms with E-state index in [1.54, 1.807) is 0 Å². The molecule has 4 heteroatoms. The van der Waals surface area contributed by atoms with E-state index in [0.717, 1.165) is 31.1 Å². The summed E-state index contributed by atoms with van der Waals surface area (Å²) in [7, 11) is 0. The zero-order valence-electron chi connectivity index (χ0n) is 12.2. The van der Waals surface area contributed by atoms with Gasteiger partial charge >= 0.3 is 5.97 Å². The van der Waals surface area contributed by atoms with Gasteiger partial charge in [0.25, 0.3) is 0 Å². The molecule has 0 aromatic rings. The number of fused-ring (bicyclic) bond motifs is 7. The van der Waals surface area contributed by atoms with Gasteiger partial charge in [0.1, 0.15) is 0 Å². The fourth-order valence-electron chi connectivity index (χ4n) is 6.79. The number of rotatable bonds is 3. The van der Waals surface area contributed by atoms with Crippen LogP contribution in [0.4, 0.5) is 0 Å². The molecule has 2 N–H and O–H groups in total. The van der Waals surface area contributed by atoms with Crippen LogP contribution in [0.15, 0.2) is 0 Å². The third-order valence-corrected chi connectivity index (χ3v) is 7.55. The number of hydrogen-bond donors (Lipinski definition) is 2. The number of nitrogens with one attached hydrogen (secondary N) is 1. The quantitative estimate of drug-likeness (QED) is 0.834. The van der Waals surface area contributed by atoms with Crippen LogP contribution < -0.4 is 5.32 Å². The van der Waals surface area contributed by atoms with Crippen molar-refractivity contribution in [3.8, 4) is 0 Å². The largest absolute Gasteiger partial charge is 0.481 e. The van der Waals surface area contributed by atoms with E-state index in [9.17, 15) is 14.7 Å². The molecule has 5 aliphatic carbocycles. The van der Waals surface area contributed by atoms with E-state index in [1.807, 2.05) is 0 Å². The fraction of sp³-hybridized carbons (Fsp3) is 0.882. The normalized spacial score (nSPS) is 55.5. The van der Waals surface area contributed by atoms with Crippen LogP contribution >= 0.6 is 0 Å². The van der Waals surface area contributed by atoms with Crippen molar-refractivity contribution in [2.24, 2.45) is 47.3 Å². The highest BCUT2D eigenvalue weighted by Gasteiger charge is 2.68. The summed E-state index contributed by atoms with van der Waals surface area (Å²) in [6.45, 7) is 0. The van der Waals surface area contributed by atoms with E-state index in [0.29, 0.717) is 23.7 Å². The first-order valence-electron chi connectivity index (χ1n) is 8.68. The van der Waals surface area contributed by atoms with Gasteiger partial charge in [-0.25, -0.2) is 0 Å². The molecule has 8 atom stereocenters. The molecule has 0 spiro atoms. The van der Waals surface area contributed by atoms with E-state index >= 15 is 0 Å². The van der Waals surface area contributed by atoms with Gasteiger partial charge in [0.2, 0.25) is 5.91 Å². The third kappa shape index (κ3) is 1.56. The van der Waals surface area contributed by atoms with Gasteiger partial charge in [-0.05, 0) is 74.0 Å². The third-order valence-electron chi connectivity index (χ3n) is 7.55. The summed E-state index contributed by atoms with van der Waals surface area (Å²) in [5, 5.41) is 12.7. The van der Waals surface area contributed by atoms with Crippen molar-refractivity contribution in [1.29, 1.82) is 0 Å². The summed E-state index contributed by atoms with van der Waals surface area (Å²) in [5.41, 5.74) is 0. The Hall–Kier alpha value is -1.06. The Morgan fingerprint density at radius 3 is 2.05 bits per heavy atom. The van der Waals surface area contributed by atoms with Crippen molar-refractivity contribution in [3.63, 3.8) is 0 Å². The second-order valence-corrected chi connectivity index (χ2v) is 8.25. The molecule has 5 aliphatic rings. The Balaban J connectivity index is 1.30. The number of carbonyl (C=O) groups is 2. The first-order valence-corrected chi connectivity index (χ1v) is 8.68. The first kappa shape index (κ1) is 12.5. The highest BCUT2D eigenvalue weighted by atomic mass is 16.4. The van der Waals surface area contributed by atoms with Crippen molar-refractivity contribution in [2.45, 2.75) is 44.6 Å². The lowest BCUT2D eigenvalue weighted by Crippen LogP contribution is -2.47. The monoisotopic (exact) mass is 289 g/mol. The number of carboxylic acids is 1. The average Bonchev–Trinajstić information content (AvgIpc) is 2.90. The van der Waals surface area contributed by atoms with Crippen LogP contribution in [0.25, 0.3) is 0 Å². The van der Waals surface area contributed by atoms with Gasteiger partial charge in [0.05, 0.1) is 5.92 Å². The Labute approximate surface area is 124 Å². The van der Waals surface area contributed by atoms with Crippen molar-refractivity contribution in [3.05, 3.63) is 0 Å². The van der Waals surface area contributed by atoms with Crippen LogP contribution in [0.2, 0.25) is 0 Å². The van der Waals surface area contributed by atoms with Crippen molar-refractivity contribution in [2.75, 3.05) is 0 Å². The van der Waals surface area contributed by atoms with E-state index in [2.05, 4.69) is 5.32 Å². The predicted octanol–water partition coefficient (Wildman–Crippen LogP) is 1.89. The molecule has 0 aromatic heterocycles. The van der Waals surface area contributed by atoms with Gasteiger partial charge < -0.3 is 10.4 Å². The first-order chi connectivity index (χ1) is 10.1. The number of amides is 1. The lowest BCUT2D eigenvalue weighted by molar-refractivity contribution is -0.144. The highest BCUT2D eigenvalue weighted by Crippen LogP contribution is 2.69. The van der Waals surface area contributed by atoms with E-state index in [4.69, 9.17) is 0 Å². The molecule has 5 fully saturated rings. The predicted molar refractivity (Wildman–Crippen MR) is 75.2 cm³/mol. The van der Waals surface area contributed by atoms with Gasteiger partial charge in [-0.3, -0.25) is 9.59 Å². The summed E-state index contributed by atoms with van der Waals surface area (Å²) in [6.07, 6.45) is 7.13. The molecule has 0 aliphatic heterocycles. The zero-order chi connectivity index (χ0) is 14.3. The van der Waals surface area contributed by atoms with Crippen LogP contribution in [0.5, 0.6) is 0 Å². The van der Waals surface area contributed by atoms with Crippen LogP contribution in [-0.4, -0.2) is 23.0 Å². The van der Waals surface area contributed by atoms with Gasteiger partial charge in [-0.1, -0.05) is 0 Å². The fourth-order valence-corrected chi connectivity index (χ4v) is 6.79. The summed E-state index contributed by atoms with van der Waals surface area (Å²) in [6, 6.07) is -0.0901. The zero-order valence-corrected chi connectivity index (χ0v) is 12.2. The minimum absolute atomic E-state index is 0.0901. The Morgan fingerprint density at radius 2 is 1.38 bits per heavy atom. The summed E-state index contributed by atoms with van der Waals surface area (Å²) in [5.74, 6) is 2.97. The summed E-state index contributed by atoms with van der Waals surface area (Å²) < 4.78 is 0. The Morgan fingerprint density at radius 1 is 0.810 bits per heavy atom. The van der Waals surface area contributed by atoms with Crippen LogP contribution in [-0.2, 0) is 9.59 Å². The smallest absolute Gasteiger partial charge is 0.308 e. The molecule has 4 bridgehead atoms. The topological polar surface area (TPSA) is 66.4 Å². The molecular weight excluding hydrogens is 266 g/mol. The van der Waals surface area contributed by atoms with Crippen molar-refractivity contribution >= 4 is 11.9 Å². The lowest BCUT2D eigenvalue weighted by atomic mass is 9.84. The lowest BCUT2D eigenvalue weighted by Gasteiger charge is -2.29. The summed E-state index contributed by atoms with van der Waals surface area (Å²) >= 11 is 0. The van der Waals surface area contributed by atoms with E-state index in [1.165, 1.54) is 19.3 Å². The molecule has 5 rings (SSSR count). The van der Waals surface area contributed by atoms with Crippen LogP contribution in [0.3, 0.4) is 0 Å². The molecule has 21 heavy (non-hydrogen) atoms. The minimum atomic E-state index is -0.705. The van der Waals surface area contributed by atoms with Crippen LogP contribution in [0, 0.1) is 47.3 Å². The molecule has 8 unspecified atom stereocenters. The molecule has 0 heterocycles. The maximum Gasteiger partial charge on any atom is 0.308 e. The van der Waals surface area contributed by atoms with Gasteiger partial charge in [-0.15, -0.1) is 0 Å². The van der Waals surface area contributed by atoms with Crippen molar-refractivity contribution < 1.29 is 14.7 Å². The molecule has 4 nitrogen and oxygen atoms in total. The van der Waals surface area contributed by atoms with Gasteiger partial charge in [0, 0.05) is 12.0 Å². The van der Waals surface area contributed by atoms with Gasteiger partial charge in [-0.2, -0.15) is 0 Å². The van der Waals surface area contributed by atoms with E-state index < -0.39 is 5.97 Å². The van der Waals surface area contributed by atoms with Crippen LogP contribution in [0.1, 0.15) is 38.5 Å². The Kier molecular flexibility index (Phi) is 2.39. The molecule has 0 aromatic carbocycles. The average molecular weight is 289 g/mol. The standard InChI is InChI=1S/C17H23NO3/c19-16(14-11-7-1-2-8(5-7)12(11)14)18-15-10-4-3-9(6-10)13(15)17(20)21/h7-15H,1-6H2,(H,18,19)(H,20,21). The number of hydrogen-bond acceptors (Lipinski definition) is 2. The molecule has 114 valence electrons. The number of carbonyl (C=O) groups excluding carboxylic acids is 1. The van der Waals surface area contributed by atoms with Gasteiger partial charge in [0.15, 0.2) is 0 Å². The Bertz CT molecular complexity index is 502. The molecule has 0 radical (unpaired) electrons. The minimum Gasteiger partial charge on any atom is -0.481 e. The SMILES string of the molecule is O=C(O)C1C2CCC(C2)C1NC(=O)C1C2C3CCC(C3)C12. The molecular formula is C17H23NO3. The van der Waals surface area contributed by atoms with Crippen molar-refractivity contribution in [1.82, 2.24) is 5.32 Å². The molecule has 1 amide bonds.